The molecule has 2 N–H and O–H groups in total. The number of rotatable bonds is 5. The lowest BCUT2D eigenvalue weighted by atomic mass is 9.83. The number of nitrogens with one attached hydrogen (secondary N) is 1. The fourth-order valence-corrected chi connectivity index (χ4v) is 1.88. The van der Waals surface area contributed by atoms with Gasteiger partial charge >= 0.3 is 0 Å². The van der Waals surface area contributed by atoms with Crippen molar-refractivity contribution in [2.24, 2.45) is 5.92 Å². The molecular weight excluding hydrogens is 274 g/mol. The average molecular weight is 298 g/mol. The highest BCUT2D eigenvalue weighted by molar-refractivity contribution is 6.30. The summed E-state index contributed by atoms with van der Waals surface area (Å²) in [5, 5.41) is 13.6. The van der Waals surface area contributed by atoms with Crippen LogP contribution in [0.3, 0.4) is 0 Å². The van der Waals surface area contributed by atoms with Crippen LogP contribution in [0.4, 0.5) is 0 Å². The highest BCUT2D eigenvalue weighted by Crippen LogP contribution is 2.26. The van der Waals surface area contributed by atoms with Gasteiger partial charge in [0.1, 0.15) is 0 Å². The Balaban J connectivity index is 2.81. The Hall–Kier alpha value is -1.06. The van der Waals surface area contributed by atoms with E-state index in [0.29, 0.717) is 5.02 Å². The van der Waals surface area contributed by atoms with Gasteiger partial charge < -0.3 is 10.4 Å². The third-order valence-electron chi connectivity index (χ3n) is 3.96. The second-order valence-corrected chi connectivity index (χ2v) is 6.77. The van der Waals surface area contributed by atoms with Crippen molar-refractivity contribution < 1.29 is 9.90 Å². The molecule has 0 saturated heterocycles. The smallest absolute Gasteiger partial charge is 0.230 e. The number of benzene rings is 1. The fourth-order valence-electron chi connectivity index (χ4n) is 1.69. The van der Waals surface area contributed by atoms with Crippen molar-refractivity contribution in [2.75, 3.05) is 6.54 Å². The third-order valence-corrected chi connectivity index (χ3v) is 4.20. The van der Waals surface area contributed by atoms with Crippen molar-refractivity contribution in [2.45, 2.75) is 45.6 Å². The van der Waals surface area contributed by atoms with Crippen LogP contribution in [0.1, 0.15) is 40.2 Å². The summed E-state index contributed by atoms with van der Waals surface area (Å²) >= 11 is 5.98. The Labute approximate surface area is 126 Å². The van der Waals surface area contributed by atoms with Crippen LogP contribution in [0.2, 0.25) is 5.02 Å². The second-order valence-electron chi connectivity index (χ2n) is 6.33. The summed E-state index contributed by atoms with van der Waals surface area (Å²) in [6, 6.07) is 7.29. The van der Waals surface area contributed by atoms with Gasteiger partial charge in [0.2, 0.25) is 5.91 Å². The summed E-state index contributed by atoms with van der Waals surface area (Å²) in [6.07, 6.45) is 0. The molecule has 0 spiro atoms. The summed E-state index contributed by atoms with van der Waals surface area (Å²) in [6.45, 7) is 9.50. The first-order valence-electron chi connectivity index (χ1n) is 6.84. The number of carbonyl (C=O) groups is 1. The lowest BCUT2D eigenvalue weighted by Gasteiger charge is -2.31. The number of halogens is 1. The Morgan fingerprint density at radius 3 is 2.45 bits per heavy atom. The lowest BCUT2D eigenvalue weighted by molar-refractivity contribution is -0.127. The van der Waals surface area contributed by atoms with E-state index in [1.807, 2.05) is 39.8 Å². The van der Waals surface area contributed by atoms with E-state index < -0.39 is 11.0 Å². The Morgan fingerprint density at radius 1 is 1.35 bits per heavy atom. The van der Waals surface area contributed by atoms with Gasteiger partial charge in [0, 0.05) is 11.6 Å². The van der Waals surface area contributed by atoms with Gasteiger partial charge in [-0.3, -0.25) is 4.79 Å². The standard InChI is InChI=1S/C16H24ClNO2/c1-11(2)16(5,20)10-18-14(19)15(3,4)12-7-6-8-13(17)9-12/h6-9,11,20H,10H2,1-5H3,(H,18,19). The first kappa shape index (κ1) is 17.0. The van der Waals surface area contributed by atoms with Gasteiger partial charge in [-0.25, -0.2) is 0 Å². The molecule has 112 valence electrons. The maximum Gasteiger partial charge on any atom is 0.230 e. The van der Waals surface area contributed by atoms with E-state index in [4.69, 9.17) is 11.6 Å². The summed E-state index contributed by atoms with van der Waals surface area (Å²) in [7, 11) is 0. The average Bonchev–Trinajstić information content (AvgIpc) is 2.35. The van der Waals surface area contributed by atoms with Crippen LogP contribution >= 0.6 is 11.6 Å². The molecule has 0 bridgehead atoms. The van der Waals surface area contributed by atoms with Crippen LogP contribution in [0.5, 0.6) is 0 Å². The van der Waals surface area contributed by atoms with E-state index in [0.717, 1.165) is 5.56 Å². The molecule has 0 aliphatic heterocycles. The van der Waals surface area contributed by atoms with Gasteiger partial charge in [0.15, 0.2) is 0 Å². The molecule has 0 aliphatic carbocycles. The lowest BCUT2D eigenvalue weighted by Crippen LogP contribution is -2.49. The van der Waals surface area contributed by atoms with Crippen LogP contribution in [0, 0.1) is 5.92 Å². The minimum Gasteiger partial charge on any atom is -0.388 e. The maximum absolute atomic E-state index is 12.4. The van der Waals surface area contributed by atoms with Crippen LogP contribution in [0.15, 0.2) is 24.3 Å². The van der Waals surface area contributed by atoms with Crippen molar-refractivity contribution in [3.8, 4) is 0 Å². The van der Waals surface area contributed by atoms with Gasteiger partial charge in [-0.2, -0.15) is 0 Å². The van der Waals surface area contributed by atoms with Crippen LogP contribution < -0.4 is 5.32 Å². The Morgan fingerprint density at radius 2 is 1.95 bits per heavy atom. The molecule has 1 unspecified atom stereocenters. The van der Waals surface area contributed by atoms with Crippen LogP contribution in [0.25, 0.3) is 0 Å². The van der Waals surface area contributed by atoms with E-state index >= 15 is 0 Å². The SMILES string of the molecule is CC(C)C(C)(O)CNC(=O)C(C)(C)c1cccc(Cl)c1. The molecular formula is C16H24ClNO2. The highest BCUT2D eigenvalue weighted by Gasteiger charge is 2.32. The van der Waals surface area contributed by atoms with Crippen LogP contribution in [-0.4, -0.2) is 23.2 Å². The quantitative estimate of drug-likeness (QED) is 0.877. The molecule has 0 fully saturated rings. The summed E-state index contributed by atoms with van der Waals surface area (Å²) in [5.41, 5.74) is -0.760. The zero-order valence-corrected chi connectivity index (χ0v) is 13.6. The van der Waals surface area contributed by atoms with Crippen molar-refractivity contribution in [1.82, 2.24) is 5.32 Å². The monoisotopic (exact) mass is 297 g/mol. The molecule has 0 radical (unpaired) electrons. The van der Waals surface area contributed by atoms with E-state index in [9.17, 15) is 9.90 Å². The Bertz CT molecular complexity index is 481. The molecule has 1 rings (SSSR count). The van der Waals surface area contributed by atoms with E-state index in [2.05, 4.69) is 5.32 Å². The largest absolute Gasteiger partial charge is 0.388 e. The molecule has 1 aromatic carbocycles. The summed E-state index contributed by atoms with van der Waals surface area (Å²) in [5.74, 6) is -0.0576. The van der Waals surface area contributed by atoms with Gasteiger partial charge in [-0.05, 0) is 44.4 Å². The molecule has 1 aromatic rings. The van der Waals surface area contributed by atoms with Crippen molar-refractivity contribution >= 4 is 17.5 Å². The molecule has 0 heterocycles. The molecule has 0 aliphatic rings. The molecule has 1 amide bonds. The molecule has 20 heavy (non-hydrogen) atoms. The predicted molar refractivity (Wildman–Crippen MR) is 82.9 cm³/mol. The molecule has 0 saturated carbocycles. The normalized spacial score (nSPS) is 15.0. The van der Waals surface area contributed by atoms with Crippen molar-refractivity contribution in [3.63, 3.8) is 0 Å². The first-order valence-corrected chi connectivity index (χ1v) is 7.22. The molecule has 4 heteroatoms. The van der Waals surface area contributed by atoms with Crippen molar-refractivity contribution in [1.29, 1.82) is 0 Å². The zero-order chi connectivity index (χ0) is 15.6. The Kier molecular flexibility index (Phi) is 5.22. The van der Waals surface area contributed by atoms with Gasteiger partial charge in [0.25, 0.3) is 0 Å². The van der Waals surface area contributed by atoms with E-state index in [1.54, 1.807) is 19.1 Å². The first-order chi connectivity index (χ1) is 9.07. The van der Waals surface area contributed by atoms with Crippen molar-refractivity contribution in [3.05, 3.63) is 34.9 Å². The zero-order valence-electron chi connectivity index (χ0n) is 12.8. The predicted octanol–water partition coefficient (Wildman–Crippen LogP) is 3.14. The number of hydrogen-bond acceptors (Lipinski definition) is 2. The number of hydrogen-bond donors (Lipinski definition) is 2. The van der Waals surface area contributed by atoms with Gasteiger partial charge in [-0.1, -0.05) is 37.6 Å². The van der Waals surface area contributed by atoms with Crippen LogP contribution in [-0.2, 0) is 10.2 Å². The van der Waals surface area contributed by atoms with E-state index in [1.165, 1.54) is 0 Å². The van der Waals surface area contributed by atoms with E-state index in [-0.39, 0.29) is 18.4 Å². The van der Waals surface area contributed by atoms with Gasteiger partial charge in [0.05, 0.1) is 11.0 Å². The topological polar surface area (TPSA) is 49.3 Å². The van der Waals surface area contributed by atoms with Gasteiger partial charge in [-0.15, -0.1) is 0 Å². The number of aliphatic hydroxyl groups is 1. The summed E-state index contributed by atoms with van der Waals surface area (Å²) in [4.78, 5) is 12.4. The second kappa shape index (κ2) is 6.15. The number of amides is 1. The fraction of sp³-hybridized carbons (Fsp3) is 0.562. The summed E-state index contributed by atoms with van der Waals surface area (Å²) < 4.78 is 0. The number of carbonyl (C=O) groups excluding carboxylic acids is 1. The molecule has 0 aromatic heterocycles. The molecule has 3 nitrogen and oxygen atoms in total. The maximum atomic E-state index is 12.4. The third kappa shape index (κ3) is 3.97. The molecule has 1 atom stereocenters. The minimum atomic E-state index is -0.917. The minimum absolute atomic E-state index is 0.0667. The highest BCUT2D eigenvalue weighted by atomic mass is 35.5.